The van der Waals surface area contributed by atoms with Gasteiger partial charge in [-0.05, 0) is 67.8 Å². The van der Waals surface area contributed by atoms with Crippen LogP contribution < -0.4 is 20.1 Å². The van der Waals surface area contributed by atoms with E-state index in [1.165, 1.54) is 24.3 Å². The summed E-state index contributed by atoms with van der Waals surface area (Å²) in [5.74, 6) is 0. The first-order valence-electron chi connectivity index (χ1n) is 12.9. The van der Waals surface area contributed by atoms with Crippen molar-refractivity contribution in [1.82, 2.24) is 14.8 Å². The Hall–Kier alpha value is -4.68. The fourth-order valence-corrected chi connectivity index (χ4v) is 5.86. The predicted octanol–water partition coefficient (Wildman–Crippen LogP) is 4.79. The number of hydrogen-bond acceptors (Lipinski definition) is 6. The van der Waals surface area contributed by atoms with Crippen LogP contribution in [0.5, 0.6) is 0 Å². The molecular formula is C30H30N4O6S2. The number of urea groups is 2. The fraction of sp³-hybridized carbons (Fsp3) is 0.133. The van der Waals surface area contributed by atoms with Crippen molar-refractivity contribution in [3.05, 3.63) is 125 Å². The molecular weight excluding hydrogens is 576 g/mol. The molecule has 0 aliphatic rings. The van der Waals surface area contributed by atoms with Gasteiger partial charge >= 0.3 is 12.1 Å². The van der Waals surface area contributed by atoms with Crippen LogP contribution in [-0.4, -0.2) is 28.9 Å². The number of rotatable bonds is 9. The minimum atomic E-state index is -4.08. The lowest BCUT2D eigenvalue weighted by molar-refractivity contribution is 0.242. The van der Waals surface area contributed by atoms with E-state index in [0.29, 0.717) is 12.1 Å². The summed E-state index contributed by atoms with van der Waals surface area (Å²) in [5, 5.41) is 5.23. The lowest BCUT2D eigenvalue weighted by Crippen LogP contribution is -2.41. The van der Waals surface area contributed by atoms with Gasteiger partial charge in [0.15, 0.2) is 0 Å². The smallest absolute Gasteiger partial charge is 0.330 e. The summed E-state index contributed by atoms with van der Waals surface area (Å²) in [4.78, 5) is 25.1. The number of carbonyl (C=O) groups excluding carboxylic acids is 2. The van der Waals surface area contributed by atoms with Crippen LogP contribution >= 0.6 is 0 Å². The van der Waals surface area contributed by atoms with Gasteiger partial charge in [-0.15, -0.1) is 0 Å². The molecule has 4 amide bonds. The van der Waals surface area contributed by atoms with Crippen molar-refractivity contribution in [3.63, 3.8) is 0 Å². The van der Waals surface area contributed by atoms with Crippen LogP contribution in [0.2, 0.25) is 0 Å². The quantitative estimate of drug-likeness (QED) is 0.215. The maximum atomic E-state index is 12.8. The van der Waals surface area contributed by atoms with E-state index < -0.39 is 38.2 Å². The Labute approximate surface area is 245 Å². The van der Waals surface area contributed by atoms with Gasteiger partial charge in [0.1, 0.15) is 0 Å². The molecule has 1 unspecified atom stereocenters. The molecule has 0 spiro atoms. The number of benzene rings is 4. The van der Waals surface area contributed by atoms with E-state index >= 15 is 0 Å². The zero-order valence-corrected chi connectivity index (χ0v) is 24.5. The normalized spacial score (nSPS) is 12.1. The van der Waals surface area contributed by atoms with Crippen molar-refractivity contribution in [3.8, 4) is 0 Å². The molecule has 12 heteroatoms. The van der Waals surface area contributed by atoms with Gasteiger partial charge in [0, 0.05) is 5.69 Å². The van der Waals surface area contributed by atoms with Crippen LogP contribution in [-0.2, 0) is 26.5 Å². The summed E-state index contributed by atoms with van der Waals surface area (Å²) in [6.45, 7) is 3.65. The molecule has 4 rings (SSSR count). The Morgan fingerprint density at radius 3 is 1.60 bits per heavy atom. The van der Waals surface area contributed by atoms with E-state index in [9.17, 15) is 26.4 Å². The molecule has 0 fully saturated rings. The van der Waals surface area contributed by atoms with E-state index in [1.54, 1.807) is 60.7 Å². The second-order valence-electron chi connectivity index (χ2n) is 9.63. The molecule has 4 N–H and O–H groups in total. The number of nitrogens with one attached hydrogen (secondary N) is 4. The third kappa shape index (κ3) is 8.18. The van der Waals surface area contributed by atoms with Gasteiger partial charge in [-0.1, -0.05) is 77.9 Å². The number of anilines is 1. The largest absolute Gasteiger partial charge is 0.333 e. The Balaban J connectivity index is 1.41. The highest BCUT2D eigenvalue weighted by molar-refractivity contribution is 7.90. The highest BCUT2D eigenvalue weighted by Gasteiger charge is 2.22. The highest BCUT2D eigenvalue weighted by Crippen LogP contribution is 2.21. The molecule has 0 aliphatic heterocycles. The molecule has 218 valence electrons. The molecule has 0 saturated carbocycles. The van der Waals surface area contributed by atoms with Crippen molar-refractivity contribution < 1.29 is 26.4 Å². The lowest BCUT2D eigenvalue weighted by Gasteiger charge is -2.20. The minimum absolute atomic E-state index is 0.0293. The van der Waals surface area contributed by atoms with Crippen molar-refractivity contribution in [2.45, 2.75) is 36.1 Å². The Morgan fingerprint density at radius 1 is 0.619 bits per heavy atom. The summed E-state index contributed by atoms with van der Waals surface area (Å²) in [6, 6.07) is 25.5. The molecule has 4 aromatic rings. The number of carbonyl (C=O) groups is 2. The lowest BCUT2D eigenvalue weighted by atomic mass is 9.99. The molecule has 0 aliphatic carbocycles. The summed E-state index contributed by atoms with van der Waals surface area (Å²) >= 11 is 0. The number of sulfonamides is 2. The van der Waals surface area contributed by atoms with Crippen LogP contribution in [0.1, 0.15) is 28.3 Å². The zero-order chi connectivity index (χ0) is 30.3. The standard InChI is InChI=1S/C30H30N4O6S2/c1-21-8-16-26(17-9-21)41(37,38)33-29(35)31-25-14-12-23(13-15-25)20-28(24-6-4-3-5-7-24)32-30(36)34-42(39,40)27-18-10-22(2)11-19-27/h3-19,28H,20H2,1-2H3,(H2,31,33,35)(H2,32,34,36). The van der Waals surface area contributed by atoms with Crippen molar-refractivity contribution in [2.24, 2.45) is 0 Å². The molecule has 10 nitrogen and oxygen atoms in total. The summed E-state index contributed by atoms with van der Waals surface area (Å²) in [6.07, 6.45) is 0.302. The van der Waals surface area contributed by atoms with E-state index in [-0.39, 0.29) is 9.79 Å². The predicted molar refractivity (Wildman–Crippen MR) is 160 cm³/mol. The molecule has 0 aromatic heterocycles. The number of aryl methyl sites for hydroxylation is 2. The van der Waals surface area contributed by atoms with Crippen molar-refractivity contribution in [1.29, 1.82) is 0 Å². The van der Waals surface area contributed by atoms with E-state index in [2.05, 4.69) is 15.4 Å². The Morgan fingerprint density at radius 2 is 1.10 bits per heavy atom. The topological polar surface area (TPSA) is 151 Å². The Bertz CT molecular complexity index is 1760. The van der Waals surface area contributed by atoms with Gasteiger partial charge in [0.05, 0.1) is 15.8 Å². The van der Waals surface area contributed by atoms with Crippen LogP contribution in [0.25, 0.3) is 0 Å². The van der Waals surface area contributed by atoms with Crippen LogP contribution in [0.15, 0.2) is 113 Å². The number of hydrogen-bond donors (Lipinski definition) is 4. The maximum Gasteiger partial charge on any atom is 0.333 e. The molecule has 0 heterocycles. The third-order valence-electron chi connectivity index (χ3n) is 6.28. The second-order valence-corrected chi connectivity index (χ2v) is 13.0. The minimum Gasteiger partial charge on any atom is -0.330 e. The highest BCUT2D eigenvalue weighted by atomic mass is 32.2. The molecule has 4 aromatic carbocycles. The maximum absolute atomic E-state index is 12.8. The SMILES string of the molecule is Cc1ccc(S(=O)(=O)NC(=O)Nc2ccc(CC(NC(=O)NS(=O)(=O)c3ccc(C)cc3)c3ccccc3)cc2)cc1. The van der Waals surface area contributed by atoms with Gasteiger partial charge < -0.3 is 10.6 Å². The average Bonchev–Trinajstić information content (AvgIpc) is 2.94. The van der Waals surface area contributed by atoms with Crippen LogP contribution in [0, 0.1) is 13.8 Å². The third-order valence-corrected chi connectivity index (χ3v) is 8.97. The first kappa shape index (κ1) is 30.3. The summed E-state index contributed by atoms with van der Waals surface area (Å²) in [5.41, 5.74) is 3.64. The first-order valence-corrected chi connectivity index (χ1v) is 15.8. The van der Waals surface area contributed by atoms with E-state index in [0.717, 1.165) is 22.3 Å². The van der Waals surface area contributed by atoms with Crippen LogP contribution in [0.3, 0.4) is 0 Å². The van der Waals surface area contributed by atoms with Crippen LogP contribution in [0.4, 0.5) is 15.3 Å². The van der Waals surface area contributed by atoms with Crippen molar-refractivity contribution >= 4 is 37.8 Å². The van der Waals surface area contributed by atoms with Crippen molar-refractivity contribution in [2.75, 3.05) is 5.32 Å². The summed E-state index contributed by atoms with van der Waals surface area (Å²) in [7, 11) is -8.12. The van der Waals surface area contributed by atoms with Gasteiger partial charge in [0.25, 0.3) is 20.0 Å². The monoisotopic (exact) mass is 606 g/mol. The zero-order valence-electron chi connectivity index (χ0n) is 22.9. The molecule has 0 radical (unpaired) electrons. The summed E-state index contributed by atoms with van der Waals surface area (Å²) < 4.78 is 54.4. The fourth-order valence-electron chi connectivity index (χ4n) is 4.04. The molecule has 42 heavy (non-hydrogen) atoms. The van der Waals surface area contributed by atoms with E-state index in [4.69, 9.17) is 0 Å². The Kier molecular flexibility index (Phi) is 9.28. The number of amides is 4. The van der Waals surface area contributed by atoms with Gasteiger partial charge in [-0.25, -0.2) is 35.9 Å². The van der Waals surface area contributed by atoms with Gasteiger partial charge in [-0.2, -0.15) is 0 Å². The van der Waals surface area contributed by atoms with Gasteiger partial charge in [-0.3, -0.25) is 0 Å². The molecule has 0 saturated heterocycles. The molecule has 0 bridgehead atoms. The van der Waals surface area contributed by atoms with E-state index in [1.807, 2.05) is 36.8 Å². The van der Waals surface area contributed by atoms with Gasteiger partial charge in [0.2, 0.25) is 0 Å². The first-order chi connectivity index (χ1) is 19.9. The average molecular weight is 607 g/mol. The second kappa shape index (κ2) is 12.9. The molecule has 1 atom stereocenters.